The standard InChI is InChI=1S/C17H24N4O5S/c1-5-6-9-27(22,23)21-16-8-7-15(19-20-16)18-12-10-13(24-2)17(26-4)14(11-12)25-3/h7-8,10-11H,5-6,9H2,1-4H3,(H,18,19)(H,20,21). The zero-order valence-corrected chi connectivity index (χ0v) is 16.6. The number of anilines is 3. The predicted molar refractivity (Wildman–Crippen MR) is 104 cm³/mol. The minimum Gasteiger partial charge on any atom is -0.493 e. The van der Waals surface area contributed by atoms with E-state index >= 15 is 0 Å². The molecule has 2 rings (SSSR count). The quantitative estimate of drug-likeness (QED) is 0.630. The Bertz CT molecular complexity index is 831. The van der Waals surface area contributed by atoms with Crippen LogP contribution in [0.25, 0.3) is 0 Å². The normalized spacial score (nSPS) is 11.0. The molecule has 2 N–H and O–H groups in total. The van der Waals surface area contributed by atoms with E-state index in [9.17, 15) is 8.42 Å². The summed E-state index contributed by atoms with van der Waals surface area (Å²) < 4.78 is 42.1. The molecule has 0 bridgehead atoms. The molecule has 1 aromatic heterocycles. The number of methoxy groups -OCH3 is 3. The molecule has 0 spiro atoms. The summed E-state index contributed by atoms with van der Waals surface area (Å²) in [6, 6.07) is 6.61. The Hall–Kier alpha value is -2.75. The van der Waals surface area contributed by atoms with E-state index < -0.39 is 10.0 Å². The highest BCUT2D eigenvalue weighted by molar-refractivity contribution is 7.92. The Balaban J connectivity index is 2.15. The molecule has 10 heteroatoms. The summed E-state index contributed by atoms with van der Waals surface area (Å²) in [7, 11) is 1.17. The number of rotatable bonds is 10. The molecule has 0 aliphatic rings. The van der Waals surface area contributed by atoms with Crippen LogP contribution in [0.15, 0.2) is 24.3 Å². The summed E-state index contributed by atoms with van der Waals surface area (Å²) in [5.74, 6) is 2.12. The Morgan fingerprint density at radius 1 is 0.963 bits per heavy atom. The molecule has 2 aromatic rings. The molecule has 148 valence electrons. The second-order valence-corrected chi connectivity index (χ2v) is 7.46. The summed E-state index contributed by atoms with van der Waals surface area (Å²) in [6.45, 7) is 1.93. The molecule has 0 atom stereocenters. The van der Waals surface area contributed by atoms with Crippen LogP contribution >= 0.6 is 0 Å². The lowest BCUT2D eigenvalue weighted by molar-refractivity contribution is 0.324. The number of nitrogens with zero attached hydrogens (tertiary/aromatic N) is 2. The molecular weight excluding hydrogens is 372 g/mol. The minimum atomic E-state index is -3.41. The third-order valence-corrected chi connectivity index (χ3v) is 4.97. The van der Waals surface area contributed by atoms with Gasteiger partial charge in [0.15, 0.2) is 23.1 Å². The van der Waals surface area contributed by atoms with Crippen molar-refractivity contribution in [3.8, 4) is 17.2 Å². The van der Waals surface area contributed by atoms with Gasteiger partial charge in [-0.05, 0) is 18.6 Å². The first-order chi connectivity index (χ1) is 12.9. The molecule has 0 aliphatic heterocycles. The first-order valence-corrected chi connectivity index (χ1v) is 9.99. The summed E-state index contributed by atoms with van der Waals surface area (Å²) >= 11 is 0. The number of hydrogen-bond donors (Lipinski definition) is 2. The van der Waals surface area contributed by atoms with Crippen LogP contribution in [0.4, 0.5) is 17.3 Å². The summed E-state index contributed by atoms with van der Waals surface area (Å²) in [4.78, 5) is 0. The first-order valence-electron chi connectivity index (χ1n) is 8.33. The van der Waals surface area contributed by atoms with Crippen molar-refractivity contribution in [2.24, 2.45) is 0 Å². The van der Waals surface area contributed by atoms with Gasteiger partial charge in [-0.3, -0.25) is 4.72 Å². The van der Waals surface area contributed by atoms with Crippen LogP contribution in [-0.2, 0) is 10.0 Å². The van der Waals surface area contributed by atoms with Gasteiger partial charge in [-0.2, -0.15) is 0 Å². The molecule has 0 radical (unpaired) electrons. The number of nitrogens with one attached hydrogen (secondary N) is 2. The SMILES string of the molecule is CCCCS(=O)(=O)Nc1ccc(Nc2cc(OC)c(OC)c(OC)c2)nn1. The Morgan fingerprint density at radius 3 is 2.04 bits per heavy atom. The second-order valence-electron chi connectivity index (χ2n) is 5.62. The summed E-state index contributed by atoms with van der Waals surface area (Å²) in [5, 5.41) is 11.0. The topological polar surface area (TPSA) is 112 Å². The monoisotopic (exact) mass is 396 g/mol. The van der Waals surface area contributed by atoms with Crippen molar-refractivity contribution < 1.29 is 22.6 Å². The number of aromatic nitrogens is 2. The molecule has 1 aromatic carbocycles. The van der Waals surface area contributed by atoms with Gasteiger partial charge < -0.3 is 19.5 Å². The van der Waals surface area contributed by atoms with Crippen LogP contribution in [0.2, 0.25) is 0 Å². The molecular formula is C17H24N4O5S. The van der Waals surface area contributed by atoms with Gasteiger partial charge in [-0.1, -0.05) is 13.3 Å². The highest BCUT2D eigenvalue weighted by atomic mass is 32.2. The Morgan fingerprint density at radius 2 is 1.56 bits per heavy atom. The molecule has 0 saturated heterocycles. The van der Waals surface area contributed by atoms with Crippen molar-refractivity contribution in [2.75, 3.05) is 37.1 Å². The Labute approximate surface area is 159 Å². The van der Waals surface area contributed by atoms with E-state index in [4.69, 9.17) is 14.2 Å². The average Bonchev–Trinajstić information content (AvgIpc) is 2.66. The van der Waals surface area contributed by atoms with Crippen LogP contribution in [0.3, 0.4) is 0 Å². The molecule has 0 saturated carbocycles. The first kappa shape index (κ1) is 20.6. The molecule has 0 fully saturated rings. The fourth-order valence-electron chi connectivity index (χ4n) is 2.30. The molecule has 0 aliphatic carbocycles. The van der Waals surface area contributed by atoms with E-state index in [-0.39, 0.29) is 11.6 Å². The van der Waals surface area contributed by atoms with Crippen LogP contribution in [0, 0.1) is 0 Å². The fourth-order valence-corrected chi connectivity index (χ4v) is 3.50. The van der Waals surface area contributed by atoms with Crippen molar-refractivity contribution in [3.05, 3.63) is 24.3 Å². The minimum absolute atomic E-state index is 0.0522. The van der Waals surface area contributed by atoms with Crippen LogP contribution < -0.4 is 24.2 Å². The van der Waals surface area contributed by atoms with E-state index in [1.165, 1.54) is 27.4 Å². The maximum absolute atomic E-state index is 11.9. The largest absolute Gasteiger partial charge is 0.493 e. The van der Waals surface area contributed by atoms with E-state index in [0.717, 1.165) is 6.42 Å². The average molecular weight is 396 g/mol. The lowest BCUT2D eigenvalue weighted by Crippen LogP contribution is -2.17. The van der Waals surface area contributed by atoms with Crippen molar-refractivity contribution in [2.45, 2.75) is 19.8 Å². The van der Waals surface area contributed by atoms with Gasteiger partial charge in [-0.25, -0.2) is 8.42 Å². The molecule has 9 nitrogen and oxygen atoms in total. The predicted octanol–water partition coefficient (Wildman–Crippen LogP) is 2.79. The van der Waals surface area contributed by atoms with Crippen LogP contribution in [0.5, 0.6) is 17.2 Å². The molecule has 0 unspecified atom stereocenters. The van der Waals surface area contributed by atoms with Gasteiger partial charge in [0.2, 0.25) is 15.8 Å². The zero-order valence-electron chi connectivity index (χ0n) is 15.8. The summed E-state index contributed by atoms with van der Waals surface area (Å²) in [6.07, 6.45) is 1.38. The van der Waals surface area contributed by atoms with Crippen molar-refractivity contribution in [1.29, 1.82) is 0 Å². The maximum atomic E-state index is 11.9. The number of sulfonamides is 1. The lowest BCUT2D eigenvalue weighted by Gasteiger charge is -2.14. The van der Waals surface area contributed by atoms with Crippen molar-refractivity contribution in [3.63, 3.8) is 0 Å². The third kappa shape index (κ3) is 5.61. The van der Waals surface area contributed by atoms with Gasteiger partial charge in [0.05, 0.1) is 27.1 Å². The number of ether oxygens (including phenoxy) is 3. The lowest BCUT2D eigenvalue weighted by atomic mass is 10.2. The van der Waals surface area contributed by atoms with E-state index in [1.54, 1.807) is 18.2 Å². The third-order valence-electron chi connectivity index (χ3n) is 3.63. The van der Waals surface area contributed by atoms with Crippen molar-refractivity contribution >= 4 is 27.3 Å². The maximum Gasteiger partial charge on any atom is 0.233 e. The van der Waals surface area contributed by atoms with Gasteiger partial charge in [0, 0.05) is 17.8 Å². The zero-order chi connectivity index (χ0) is 19.9. The van der Waals surface area contributed by atoms with Gasteiger partial charge in [-0.15, -0.1) is 10.2 Å². The second kappa shape index (κ2) is 9.26. The van der Waals surface area contributed by atoms with E-state index in [0.29, 0.717) is 35.2 Å². The molecule has 27 heavy (non-hydrogen) atoms. The fraction of sp³-hybridized carbons (Fsp3) is 0.412. The highest BCUT2D eigenvalue weighted by Crippen LogP contribution is 2.40. The highest BCUT2D eigenvalue weighted by Gasteiger charge is 2.14. The van der Waals surface area contributed by atoms with Crippen LogP contribution in [0.1, 0.15) is 19.8 Å². The van der Waals surface area contributed by atoms with Gasteiger partial charge >= 0.3 is 0 Å². The Kier molecular flexibility index (Phi) is 7.05. The summed E-state index contributed by atoms with van der Waals surface area (Å²) in [5.41, 5.74) is 0.648. The van der Waals surface area contributed by atoms with E-state index in [1.807, 2.05) is 6.92 Å². The molecule has 1 heterocycles. The van der Waals surface area contributed by atoms with Gasteiger partial charge in [0.1, 0.15) is 0 Å². The van der Waals surface area contributed by atoms with Crippen LogP contribution in [-0.4, -0.2) is 45.7 Å². The number of unbranched alkanes of at least 4 members (excludes halogenated alkanes) is 1. The van der Waals surface area contributed by atoms with Crippen molar-refractivity contribution in [1.82, 2.24) is 10.2 Å². The van der Waals surface area contributed by atoms with Gasteiger partial charge in [0.25, 0.3) is 0 Å². The number of benzene rings is 1. The van der Waals surface area contributed by atoms with E-state index in [2.05, 4.69) is 20.2 Å². The number of hydrogen-bond acceptors (Lipinski definition) is 8. The molecule has 0 amide bonds. The smallest absolute Gasteiger partial charge is 0.233 e.